The van der Waals surface area contributed by atoms with Gasteiger partial charge in [0.25, 0.3) is 0 Å². The number of hydrogen-bond acceptors (Lipinski definition) is 4. The van der Waals surface area contributed by atoms with Gasteiger partial charge in [-0.2, -0.15) is 0 Å². The van der Waals surface area contributed by atoms with Gasteiger partial charge in [0.15, 0.2) is 5.82 Å². The lowest BCUT2D eigenvalue weighted by atomic mass is 10.2. The average molecular weight is 343 g/mol. The van der Waals surface area contributed by atoms with Crippen molar-refractivity contribution in [1.82, 2.24) is 15.0 Å². The van der Waals surface area contributed by atoms with Gasteiger partial charge in [-0.25, -0.2) is 9.97 Å². The molecule has 0 fully saturated rings. The zero-order valence-electron chi connectivity index (χ0n) is 15.1. The van der Waals surface area contributed by atoms with Crippen LogP contribution in [0.2, 0.25) is 0 Å². The van der Waals surface area contributed by atoms with Gasteiger partial charge in [0, 0.05) is 36.7 Å². The summed E-state index contributed by atoms with van der Waals surface area (Å²) in [6, 6.07) is 20.4. The molecule has 2 aromatic carbocycles. The van der Waals surface area contributed by atoms with Crippen LogP contribution in [0.5, 0.6) is 0 Å². The molecule has 4 rings (SSSR count). The molecule has 0 unspecified atom stereocenters. The van der Waals surface area contributed by atoms with Crippen molar-refractivity contribution in [3.63, 3.8) is 0 Å². The lowest BCUT2D eigenvalue weighted by Crippen LogP contribution is -2.08. The molecule has 0 bridgehead atoms. The Morgan fingerprint density at radius 3 is 2.35 bits per heavy atom. The predicted octanol–water partition coefficient (Wildman–Crippen LogP) is 4.74. The number of rotatable bonds is 4. The van der Waals surface area contributed by atoms with Crippen molar-refractivity contribution in [1.29, 1.82) is 0 Å². The van der Waals surface area contributed by atoms with E-state index in [-0.39, 0.29) is 0 Å². The summed E-state index contributed by atoms with van der Waals surface area (Å²) < 4.78 is 0. The van der Waals surface area contributed by atoms with Crippen molar-refractivity contribution >= 4 is 28.2 Å². The minimum absolute atomic E-state index is 0.701. The van der Waals surface area contributed by atoms with Gasteiger partial charge in [0.05, 0.1) is 5.39 Å². The van der Waals surface area contributed by atoms with E-state index in [1.165, 1.54) is 0 Å². The summed E-state index contributed by atoms with van der Waals surface area (Å²) >= 11 is 0. The van der Waals surface area contributed by atoms with Crippen LogP contribution >= 0.6 is 0 Å². The summed E-state index contributed by atoms with van der Waals surface area (Å²) in [6.45, 7) is 2.03. The van der Waals surface area contributed by atoms with Crippen molar-refractivity contribution in [3.8, 4) is 11.4 Å². The van der Waals surface area contributed by atoms with Gasteiger partial charge in [-0.15, -0.1) is 0 Å². The fourth-order valence-electron chi connectivity index (χ4n) is 2.93. The number of aromatic nitrogens is 3. The highest BCUT2D eigenvalue weighted by molar-refractivity contribution is 5.91. The Hall–Kier alpha value is -3.34. The Balaban J connectivity index is 1.77. The highest BCUT2D eigenvalue weighted by Crippen LogP contribution is 2.28. The number of benzene rings is 2. The lowest BCUT2D eigenvalue weighted by Gasteiger charge is -2.14. The molecule has 0 saturated heterocycles. The molecule has 5 nitrogen and oxygen atoms in total. The van der Waals surface area contributed by atoms with Crippen molar-refractivity contribution in [2.24, 2.45) is 0 Å². The molecule has 4 aromatic rings. The summed E-state index contributed by atoms with van der Waals surface area (Å²) in [5.74, 6) is 1.50. The van der Waals surface area contributed by atoms with Crippen LogP contribution < -0.4 is 10.2 Å². The van der Waals surface area contributed by atoms with Gasteiger partial charge in [-0.05, 0) is 37.3 Å². The highest BCUT2D eigenvalue weighted by atomic mass is 15.1. The van der Waals surface area contributed by atoms with Crippen LogP contribution in [0.3, 0.4) is 0 Å². The van der Waals surface area contributed by atoms with E-state index in [4.69, 9.17) is 9.97 Å². The molecule has 130 valence electrons. The van der Waals surface area contributed by atoms with E-state index >= 15 is 0 Å². The molecule has 0 amide bonds. The molecular formula is C21H21N5. The van der Waals surface area contributed by atoms with Gasteiger partial charge < -0.3 is 15.2 Å². The molecule has 26 heavy (non-hydrogen) atoms. The van der Waals surface area contributed by atoms with E-state index in [0.29, 0.717) is 5.82 Å². The van der Waals surface area contributed by atoms with Gasteiger partial charge in [0.1, 0.15) is 11.5 Å². The number of fused-ring (bicyclic) bond motifs is 1. The lowest BCUT2D eigenvalue weighted by molar-refractivity contribution is 1.13. The van der Waals surface area contributed by atoms with Gasteiger partial charge in [-0.3, -0.25) is 0 Å². The van der Waals surface area contributed by atoms with Gasteiger partial charge >= 0.3 is 0 Å². The monoisotopic (exact) mass is 343 g/mol. The fraction of sp³-hybridized carbons (Fsp3) is 0.143. The van der Waals surface area contributed by atoms with Crippen LogP contribution in [0.4, 0.5) is 17.2 Å². The third kappa shape index (κ3) is 3.11. The topological polar surface area (TPSA) is 56.8 Å². The van der Waals surface area contributed by atoms with Gasteiger partial charge in [-0.1, -0.05) is 30.3 Å². The van der Waals surface area contributed by atoms with Crippen molar-refractivity contribution < 1.29 is 0 Å². The first-order valence-corrected chi connectivity index (χ1v) is 8.57. The largest absolute Gasteiger partial charge is 0.378 e. The standard InChI is InChI=1S/C21H21N5/c1-14-13-18-20(22-14)24-19(15-7-5-4-6-8-15)25-21(18)23-16-9-11-17(12-10-16)26(2)3/h4-13H,1-3H3,(H2,22,23,24,25). The van der Waals surface area contributed by atoms with Crippen molar-refractivity contribution in [2.45, 2.75) is 6.92 Å². The molecular weight excluding hydrogens is 322 g/mol. The summed E-state index contributed by atoms with van der Waals surface area (Å²) in [5.41, 5.74) is 5.04. The summed E-state index contributed by atoms with van der Waals surface area (Å²) in [7, 11) is 4.07. The van der Waals surface area contributed by atoms with Gasteiger partial charge in [0.2, 0.25) is 0 Å². The van der Waals surface area contributed by atoms with E-state index in [2.05, 4.69) is 45.5 Å². The Bertz CT molecular complexity index is 1030. The summed E-state index contributed by atoms with van der Waals surface area (Å²) in [4.78, 5) is 14.9. The normalized spacial score (nSPS) is 10.9. The predicted molar refractivity (Wildman–Crippen MR) is 108 cm³/mol. The second-order valence-corrected chi connectivity index (χ2v) is 6.54. The zero-order chi connectivity index (χ0) is 18.1. The first kappa shape index (κ1) is 16.1. The number of anilines is 3. The second kappa shape index (κ2) is 6.52. The van der Waals surface area contributed by atoms with E-state index < -0.39 is 0 Å². The van der Waals surface area contributed by atoms with Crippen LogP contribution in [0.1, 0.15) is 5.69 Å². The van der Waals surface area contributed by atoms with Crippen LogP contribution in [0, 0.1) is 6.92 Å². The number of nitrogens with one attached hydrogen (secondary N) is 2. The molecule has 0 radical (unpaired) electrons. The Morgan fingerprint density at radius 2 is 1.65 bits per heavy atom. The maximum atomic E-state index is 4.78. The molecule has 0 aliphatic carbocycles. The van der Waals surface area contributed by atoms with Crippen LogP contribution in [-0.2, 0) is 0 Å². The highest BCUT2D eigenvalue weighted by Gasteiger charge is 2.12. The molecule has 0 saturated carbocycles. The average Bonchev–Trinajstić information content (AvgIpc) is 3.03. The summed E-state index contributed by atoms with van der Waals surface area (Å²) in [6.07, 6.45) is 0. The van der Waals surface area contributed by atoms with Crippen LogP contribution in [-0.4, -0.2) is 29.0 Å². The van der Waals surface area contributed by atoms with E-state index in [1.807, 2.05) is 51.4 Å². The molecule has 2 heterocycles. The smallest absolute Gasteiger partial charge is 0.163 e. The Labute approximate surface area is 152 Å². The first-order chi connectivity index (χ1) is 12.6. The Morgan fingerprint density at radius 1 is 0.923 bits per heavy atom. The van der Waals surface area contributed by atoms with E-state index in [9.17, 15) is 0 Å². The number of hydrogen-bond donors (Lipinski definition) is 2. The molecule has 2 aromatic heterocycles. The van der Waals surface area contributed by atoms with E-state index in [0.717, 1.165) is 39.5 Å². The Kier molecular flexibility index (Phi) is 4.05. The minimum atomic E-state index is 0.701. The third-order valence-electron chi connectivity index (χ3n) is 4.30. The fourth-order valence-corrected chi connectivity index (χ4v) is 2.93. The summed E-state index contributed by atoms with van der Waals surface area (Å²) in [5, 5.41) is 4.43. The maximum Gasteiger partial charge on any atom is 0.163 e. The van der Waals surface area contributed by atoms with Crippen molar-refractivity contribution in [3.05, 3.63) is 66.4 Å². The van der Waals surface area contributed by atoms with Crippen molar-refractivity contribution in [2.75, 3.05) is 24.3 Å². The molecule has 2 N–H and O–H groups in total. The van der Waals surface area contributed by atoms with Crippen LogP contribution in [0.25, 0.3) is 22.4 Å². The minimum Gasteiger partial charge on any atom is -0.378 e. The number of aromatic amines is 1. The molecule has 0 spiro atoms. The number of H-pyrrole nitrogens is 1. The third-order valence-corrected chi connectivity index (χ3v) is 4.30. The van der Waals surface area contributed by atoms with E-state index in [1.54, 1.807) is 0 Å². The maximum absolute atomic E-state index is 4.78. The first-order valence-electron chi connectivity index (χ1n) is 8.57. The second-order valence-electron chi connectivity index (χ2n) is 6.54. The number of nitrogens with zero attached hydrogens (tertiary/aromatic N) is 3. The molecule has 0 aliphatic heterocycles. The number of aryl methyl sites for hydroxylation is 1. The zero-order valence-corrected chi connectivity index (χ0v) is 15.1. The molecule has 0 atom stereocenters. The van der Waals surface area contributed by atoms with Crippen LogP contribution in [0.15, 0.2) is 60.7 Å². The SMILES string of the molecule is Cc1cc2c(Nc3ccc(N(C)C)cc3)nc(-c3ccccc3)nc2[nH]1. The molecule has 0 aliphatic rings. The molecule has 5 heteroatoms. The quantitative estimate of drug-likeness (QED) is 0.562.